The number of hydrogen-bond donors (Lipinski definition) is 1. The van der Waals surface area contributed by atoms with Gasteiger partial charge in [0.25, 0.3) is 0 Å². The van der Waals surface area contributed by atoms with E-state index in [-0.39, 0.29) is 31.3 Å². The highest BCUT2D eigenvalue weighted by Crippen LogP contribution is 2.41. The predicted molar refractivity (Wildman–Crippen MR) is 63.4 cm³/mol. The van der Waals surface area contributed by atoms with Gasteiger partial charge in [0.1, 0.15) is 6.61 Å². The van der Waals surface area contributed by atoms with Crippen molar-refractivity contribution in [2.24, 2.45) is 11.7 Å². The van der Waals surface area contributed by atoms with Crippen LogP contribution >= 0.6 is 0 Å². The van der Waals surface area contributed by atoms with Crippen LogP contribution in [0.2, 0.25) is 0 Å². The Morgan fingerprint density at radius 3 is 2.55 bits per heavy atom. The van der Waals surface area contributed by atoms with Crippen LogP contribution in [0.25, 0.3) is 0 Å². The van der Waals surface area contributed by atoms with Crippen LogP contribution in [-0.2, 0) is 14.3 Å². The van der Waals surface area contributed by atoms with Gasteiger partial charge >= 0.3 is 6.36 Å². The molecular formula is C12H19F3N2O3. The SMILES string of the molecule is NCC1CCN(C(=O)COC2(OC(F)(F)F)CCC2)C1. The van der Waals surface area contributed by atoms with Gasteiger partial charge in [0, 0.05) is 25.9 Å². The fraction of sp³-hybridized carbons (Fsp3) is 0.917. The molecule has 1 aliphatic carbocycles. The van der Waals surface area contributed by atoms with E-state index in [4.69, 9.17) is 10.5 Å². The van der Waals surface area contributed by atoms with Crippen LogP contribution in [-0.4, -0.2) is 49.2 Å². The van der Waals surface area contributed by atoms with Crippen LogP contribution in [0.5, 0.6) is 0 Å². The van der Waals surface area contributed by atoms with Gasteiger partial charge in [-0.2, -0.15) is 0 Å². The summed E-state index contributed by atoms with van der Waals surface area (Å²) in [6.07, 6.45) is -3.01. The number of amides is 1. The van der Waals surface area contributed by atoms with E-state index in [1.54, 1.807) is 4.90 Å². The van der Waals surface area contributed by atoms with Crippen molar-refractivity contribution in [3.63, 3.8) is 0 Å². The molecule has 1 saturated carbocycles. The maximum atomic E-state index is 12.3. The lowest BCUT2D eigenvalue weighted by molar-refractivity contribution is -0.432. The smallest absolute Gasteiger partial charge is 0.340 e. The number of likely N-dealkylation sites (tertiary alicyclic amines) is 1. The second-order valence-electron chi connectivity index (χ2n) is 5.33. The Balaban J connectivity index is 1.80. The molecule has 2 N–H and O–H groups in total. The highest BCUT2D eigenvalue weighted by molar-refractivity contribution is 5.77. The van der Waals surface area contributed by atoms with E-state index in [1.807, 2.05) is 0 Å². The molecule has 2 rings (SSSR count). The molecule has 2 aliphatic rings. The van der Waals surface area contributed by atoms with Crippen molar-refractivity contribution in [1.82, 2.24) is 4.90 Å². The molecule has 1 unspecified atom stereocenters. The van der Waals surface area contributed by atoms with Gasteiger partial charge < -0.3 is 15.4 Å². The Bertz CT molecular complexity index is 358. The minimum atomic E-state index is -4.75. The van der Waals surface area contributed by atoms with E-state index >= 15 is 0 Å². The van der Waals surface area contributed by atoms with E-state index in [0.717, 1.165) is 6.42 Å². The molecule has 1 saturated heterocycles. The summed E-state index contributed by atoms with van der Waals surface area (Å²) in [6.45, 7) is 1.25. The van der Waals surface area contributed by atoms with Crippen molar-refractivity contribution in [2.45, 2.75) is 37.8 Å². The highest BCUT2D eigenvalue weighted by atomic mass is 19.4. The fourth-order valence-corrected chi connectivity index (χ4v) is 2.49. The van der Waals surface area contributed by atoms with Crippen molar-refractivity contribution in [3.05, 3.63) is 0 Å². The average molecular weight is 296 g/mol. The van der Waals surface area contributed by atoms with E-state index < -0.39 is 12.1 Å². The molecule has 1 atom stereocenters. The summed E-state index contributed by atoms with van der Waals surface area (Å²) in [6, 6.07) is 0. The van der Waals surface area contributed by atoms with Crippen LogP contribution in [0, 0.1) is 5.92 Å². The Morgan fingerprint density at radius 2 is 2.10 bits per heavy atom. The molecule has 0 bridgehead atoms. The van der Waals surface area contributed by atoms with Gasteiger partial charge in [0.05, 0.1) is 0 Å². The van der Waals surface area contributed by atoms with Crippen molar-refractivity contribution >= 4 is 5.91 Å². The third kappa shape index (κ3) is 3.83. The molecule has 1 heterocycles. The van der Waals surface area contributed by atoms with Crippen molar-refractivity contribution in [3.8, 4) is 0 Å². The number of halogens is 3. The van der Waals surface area contributed by atoms with Crippen LogP contribution in [0.15, 0.2) is 0 Å². The number of carbonyl (C=O) groups is 1. The highest BCUT2D eigenvalue weighted by Gasteiger charge is 2.49. The van der Waals surface area contributed by atoms with Crippen LogP contribution in [0.3, 0.4) is 0 Å². The number of nitrogens with two attached hydrogens (primary N) is 1. The minimum Gasteiger partial charge on any atom is -0.340 e. The van der Waals surface area contributed by atoms with Gasteiger partial charge in [-0.25, -0.2) is 0 Å². The maximum Gasteiger partial charge on any atom is 0.524 e. The Kier molecular flexibility index (Phi) is 4.55. The van der Waals surface area contributed by atoms with Gasteiger partial charge in [0.2, 0.25) is 5.91 Å². The lowest BCUT2D eigenvalue weighted by Crippen LogP contribution is -2.48. The number of alkyl halides is 3. The zero-order chi connectivity index (χ0) is 14.8. The van der Waals surface area contributed by atoms with Crippen molar-refractivity contribution < 1.29 is 27.4 Å². The maximum absolute atomic E-state index is 12.3. The third-order valence-electron chi connectivity index (χ3n) is 3.85. The Labute approximate surface area is 115 Å². The van der Waals surface area contributed by atoms with E-state index in [1.165, 1.54) is 0 Å². The van der Waals surface area contributed by atoms with Gasteiger partial charge in [-0.3, -0.25) is 9.53 Å². The molecule has 0 aromatic heterocycles. The number of carbonyl (C=O) groups excluding carboxylic acids is 1. The number of nitrogens with zero attached hydrogens (tertiary/aromatic N) is 1. The largest absolute Gasteiger partial charge is 0.524 e. The fourth-order valence-electron chi connectivity index (χ4n) is 2.49. The van der Waals surface area contributed by atoms with Crippen LogP contribution in [0.4, 0.5) is 13.2 Å². The van der Waals surface area contributed by atoms with Gasteiger partial charge in [-0.15, -0.1) is 13.2 Å². The summed E-state index contributed by atoms with van der Waals surface area (Å²) >= 11 is 0. The first-order chi connectivity index (χ1) is 9.34. The Morgan fingerprint density at radius 1 is 1.40 bits per heavy atom. The second-order valence-corrected chi connectivity index (χ2v) is 5.33. The summed E-state index contributed by atoms with van der Waals surface area (Å²) < 4.78 is 46.0. The molecule has 5 nitrogen and oxygen atoms in total. The first kappa shape index (κ1) is 15.5. The first-order valence-corrected chi connectivity index (χ1v) is 6.72. The van der Waals surface area contributed by atoms with Crippen molar-refractivity contribution in [1.29, 1.82) is 0 Å². The second kappa shape index (κ2) is 5.87. The molecule has 1 aliphatic heterocycles. The predicted octanol–water partition coefficient (Wildman–Crippen LogP) is 1.23. The van der Waals surface area contributed by atoms with E-state index in [9.17, 15) is 18.0 Å². The number of hydrogen-bond acceptors (Lipinski definition) is 4. The van der Waals surface area contributed by atoms with Gasteiger partial charge in [-0.1, -0.05) is 0 Å². The molecule has 20 heavy (non-hydrogen) atoms. The van der Waals surface area contributed by atoms with E-state index in [2.05, 4.69) is 4.74 Å². The molecule has 1 amide bonds. The molecule has 0 spiro atoms. The normalized spacial score (nSPS) is 25.6. The molecule has 0 aromatic carbocycles. The summed E-state index contributed by atoms with van der Waals surface area (Å²) in [4.78, 5) is 13.5. The molecule has 2 fully saturated rings. The topological polar surface area (TPSA) is 64.8 Å². The Hall–Kier alpha value is -0.860. The molecule has 0 radical (unpaired) electrons. The van der Waals surface area contributed by atoms with Gasteiger partial charge in [-0.05, 0) is 25.3 Å². The van der Waals surface area contributed by atoms with E-state index in [0.29, 0.717) is 26.1 Å². The molecule has 0 aromatic rings. The average Bonchev–Trinajstić information content (AvgIpc) is 2.79. The zero-order valence-electron chi connectivity index (χ0n) is 11.1. The van der Waals surface area contributed by atoms with Crippen LogP contribution in [0.1, 0.15) is 25.7 Å². The lowest BCUT2D eigenvalue weighted by atomic mass is 9.91. The molecular weight excluding hydrogens is 277 g/mol. The van der Waals surface area contributed by atoms with Gasteiger partial charge in [0.15, 0.2) is 5.79 Å². The lowest BCUT2D eigenvalue weighted by Gasteiger charge is -2.41. The zero-order valence-corrected chi connectivity index (χ0v) is 11.1. The summed E-state index contributed by atoms with van der Waals surface area (Å²) in [5, 5.41) is 0. The summed E-state index contributed by atoms with van der Waals surface area (Å²) in [5.41, 5.74) is 5.53. The summed E-state index contributed by atoms with van der Waals surface area (Å²) in [5.74, 6) is -1.71. The standard InChI is InChI=1S/C12H19F3N2O3/c13-12(14,15)20-11(3-1-4-11)19-8-10(18)17-5-2-9(6-16)7-17/h9H,1-8,16H2. The minimum absolute atomic E-state index is 0.158. The summed E-state index contributed by atoms with van der Waals surface area (Å²) in [7, 11) is 0. The number of rotatable bonds is 5. The first-order valence-electron chi connectivity index (χ1n) is 6.72. The van der Waals surface area contributed by atoms with Crippen molar-refractivity contribution in [2.75, 3.05) is 26.2 Å². The molecule has 8 heteroatoms. The van der Waals surface area contributed by atoms with Crippen LogP contribution < -0.4 is 5.73 Å². The third-order valence-corrected chi connectivity index (χ3v) is 3.85. The molecule has 116 valence electrons. The quantitative estimate of drug-likeness (QED) is 0.775. The number of ether oxygens (including phenoxy) is 2. The monoisotopic (exact) mass is 296 g/mol.